The molecule has 0 bridgehead atoms. The van der Waals surface area contributed by atoms with Crippen LogP contribution in [-0.2, 0) is 11.0 Å². The van der Waals surface area contributed by atoms with Gasteiger partial charge in [0.1, 0.15) is 11.4 Å². The Labute approximate surface area is 183 Å². The van der Waals surface area contributed by atoms with Crippen LogP contribution in [0.2, 0.25) is 0 Å². The first-order valence-electron chi connectivity index (χ1n) is 12.3. The van der Waals surface area contributed by atoms with Gasteiger partial charge in [-0.2, -0.15) is 0 Å². The van der Waals surface area contributed by atoms with Gasteiger partial charge >= 0.3 is 0 Å². The molecule has 5 rings (SSSR count). The molecule has 30 heavy (non-hydrogen) atoms. The predicted molar refractivity (Wildman–Crippen MR) is 126 cm³/mol. The highest BCUT2D eigenvalue weighted by Gasteiger charge is 2.59. The fraction of sp³-hybridized carbons (Fsp3) is 0.586. The van der Waals surface area contributed by atoms with E-state index in [0.29, 0.717) is 5.92 Å². The molecule has 2 aromatic rings. The molecule has 0 radical (unpaired) electrons. The summed E-state index contributed by atoms with van der Waals surface area (Å²) in [6.45, 7) is 11.4. The van der Waals surface area contributed by atoms with Crippen molar-refractivity contribution in [2.24, 2.45) is 5.92 Å². The van der Waals surface area contributed by atoms with Gasteiger partial charge in [0, 0.05) is 16.9 Å². The van der Waals surface area contributed by atoms with Gasteiger partial charge < -0.3 is 4.74 Å². The molecule has 160 valence electrons. The lowest BCUT2D eigenvalue weighted by molar-refractivity contribution is -0.0958. The molecule has 2 atom stereocenters. The Balaban J connectivity index is 1.80. The zero-order valence-corrected chi connectivity index (χ0v) is 19.7. The average Bonchev–Trinajstić information content (AvgIpc) is 2.76. The Morgan fingerprint density at radius 3 is 2.03 bits per heavy atom. The second-order valence-electron chi connectivity index (χ2n) is 10.6. The predicted octanol–water partition coefficient (Wildman–Crippen LogP) is 7.91. The summed E-state index contributed by atoms with van der Waals surface area (Å²) < 4.78 is 7.32. The van der Waals surface area contributed by atoms with Crippen LogP contribution in [0.5, 0.6) is 5.75 Å². The summed E-state index contributed by atoms with van der Waals surface area (Å²) in [4.78, 5) is 0. The summed E-state index contributed by atoms with van der Waals surface area (Å²) in [5.41, 5.74) is 10.2. The number of ether oxygens (including phenoxy) is 1. The van der Waals surface area contributed by atoms with Crippen LogP contribution in [-0.4, -0.2) is 0 Å². The highest BCUT2D eigenvalue weighted by molar-refractivity contribution is 5.54. The van der Waals surface area contributed by atoms with Crippen LogP contribution in [0.4, 0.5) is 0 Å². The molecule has 2 aromatic carbocycles. The minimum absolute atomic E-state index is 0.163. The summed E-state index contributed by atoms with van der Waals surface area (Å²) in [5.74, 6) is 1.82. The van der Waals surface area contributed by atoms with Gasteiger partial charge in [-0.3, -0.25) is 0 Å². The van der Waals surface area contributed by atoms with Crippen molar-refractivity contribution < 1.29 is 4.74 Å². The smallest absolute Gasteiger partial charge is 0.138 e. The Morgan fingerprint density at radius 2 is 1.30 bits per heavy atom. The van der Waals surface area contributed by atoms with E-state index in [4.69, 9.17) is 4.74 Å². The zero-order chi connectivity index (χ0) is 21.1. The molecule has 0 saturated heterocycles. The highest BCUT2D eigenvalue weighted by Crippen LogP contribution is 2.63. The average molecular weight is 403 g/mol. The summed E-state index contributed by atoms with van der Waals surface area (Å²) in [7, 11) is 0. The Hall–Kier alpha value is -1.76. The minimum Gasteiger partial charge on any atom is -0.482 e. The van der Waals surface area contributed by atoms with Gasteiger partial charge in [-0.05, 0) is 100 Å². The molecule has 2 unspecified atom stereocenters. The van der Waals surface area contributed by atoms with Crippen molar-refractivity contribution in [1.29, 1.82) is 0 Å². The fourth-order valence-electron chi connectivity index (χ4n) is 7.26. The van der Waals surface area contributed by atoms with Crippen molar-refractivity contribution in [3.8, 4) is 5.75 Å². The van der Waals surface area contributed by atoms with Crippen LogP contribution < -0.4 is 4.74 Å². The summed E-state index contributed by atoms with van der Waals surface area (Å²) in [5, 5.41) is 0. The lowest BCUT2D eigenvalue weighted by Crippen LogP contribution is -2.57. The Kier molecular flexibility index (Phi) is 4.80. The van der Waals surface area contributed by atoms with Crippen LogP contribution in [0.1, 0.15) is 96.7 Å². The van der Waals surface area contributed by atoms with Crippen LogP contribution in [0.15, 0.2) is 24.3 Å². The monoisotopic (exact) mass is 402 g/mol. The SMILES string of the molecule is Cc1ccc(C23CCCCC2C2(CCCCC2)c2ccc(C)c(C)c2O3)c(C)c1C. The lowest BCUT2D eigenvalue weighted by atomic mass is 9.51. The van der Waals surface area contributed by atoms with E-state index in [1.54, 1.807) is 0 Å². The maximum Gasteiger partial charge on any atom is 0.138 e. The van der Waals surface area contributed by atoms with Crippen molar-refractivity contribution in [3.05, 3.63) is 63.2 Å². The Morgan fingerprint density at radius 1 is 0.667 bits per heavy atom. The number of hydrogen-bond acceptors (Lipinski definition) is 1. The molecule has 2 saturated carbocycles. The first-order valence-corrected chi connectivity index (χ1v) is 12.3. The third-order valence-electron chi connectivity index (χ3n) is 9.28. The van der Waals surface area contributed by atoms with Gasteiger partial charge in [-0.25, -0.2) is 0 Å². The van der Waals surface area contributed by atoms with E-state index in [0.717, 1.165) is 6.42 Å². The van der Waals surface area contributed by atoms with Crippen molar-refractivity contribution in [2.45, 2.75) is 103 Å². The number of aryl methyl sites for hydroxylation is 2. The summed E-state index contributed by atoms with van der Waals surface area (Å²) in [6.07, 6.45) is 11.9. The molecule has 0 amide bonds. The molecule has 2 fully saturated rings. The van der Waals surface area contributed by atoms with Gasteiger partial charge in [-0.1, -0.05) is 49.9 Å². The zero-order valence-electron chi connectivity index (χ0n) is 19.7. The third kappa shape index (κ3) is 2.66. The van der Waals surface area contributed by atoms with E-state index >= 15 is 0 Å². The lowest BCUT2D eigenvalue weighted by Gasteiger charge is -2.59. The second kappa shape index (κ2) is 7.14. The van der Waals surface area contributed by atoms with Crippen LogP contribution in [0.3, 0.4) is 0 Å². The van der Waals surface area contributed by atoms with E-state index in [-0.39, 0.29) is 11.0 Å². The fourth-order valence-corrected chi connectivity index (χ4v) is 7.26. The first-order chi connectivity index (χ1) is 14.4. The molecular formula is C29H38O. The van der Waals surface area contributed by atoms with Crippen LogP contribution >= 0.6 is 0 Å². The van der Waals surface area contributed by atoms with Crippen molar-refractivity contribution in [3.63, 3.8) is 0 Å². The minimum atomic E-state index is -0.163. The topological polar surface area (TPSA) is 9.23 Å². The molecule has 2 aliphatic carbocycles. The summed E-state index contributed by atoms with van der Waals surface area (Å²) in [6, 6.07) is 9.55. The number of benzene rings is 2. The quantitative estimate of drug-likeness (QED) is 0.471. The first kappa shape index (κ1) is 20.2. The standard InChI is InChI=1S/C29H38O/c1-19-12-14-24(23(5)21(19)3)29-18-10-7-11-26(29)28(16-8-6-9-17-28)25-15-13-20(2)22(4)27(25)30-29/h12-15,26H,6-11,16-18H2,1-5H3. The molecule has 0 aromatic heterocycles. The van der Waals surface area contributed by atoms with Gasteiger partial charge in [-0.15, -0.1) is 0 Å². The normalized spacial score (nSPS) is 27.3. The molecule has 1 nitrogen and oxygen atoms in total. The van der Waals surface area contributed by atoms with Crippen molar-refractivity contribution in [1.82, 2.24) is 0 Å². The van der Waals surface area contributed by atoms with Gasteiger partial charge in [0.15, 0.2) is 0 Å². The maximum absolute atomic E-state index is 7.32. The van der Waals surface area contributed by atoms with E-state index in [2.05, 4.69) is 58.9 Å². The molecule has 1 heteroatoms. The largest absolute Gasteiger partial charge is 0.482 e. The van der Waals surface area contributed by atoms with Gasteiger partial charge in [0.2, 0.25) is 0 Å². The maximum atomic E-state index is 7.32. The Bertz CT molecular complexity index is 978. The number of rotatable bonds is 1. The molecule has 1 aliphatic heterocycles. The van der Waals surface area contributed by atoms with Crippen molar-refractivity contribution in [2.75, 3.05) is 0 Å². The van der Waals surface area contributed by atoms with Crippen LogP contribution in [0.25, 0.3) is 0 Å². The van der Waals surface area contributed by atoms with E-state index in [9.17, 15) is 0 Å². The highest BCUT2D eigenvalue weighted by atomic mass is 16.5. The van der Waals surface area contributed by atoms with Crippen LogP contribution in [0, 0.1) is 40.5 Å². The molecular weight excluding hydrogens is 364 g/mol. The second-order valence-corrected chi connectivity index (χ2v) is 10.6. The third-order valence-corrected chi connectivity index (χ3v) is 9.28. The molecule has 3 aliphatic rings. The van der Waals surface area contributed by atoms with E-state index in [1.807, 2.05) is 0 Å². The van der Waals surface area contributed by atoms with Gasteiger partial charge in [0.05, 0.1) is 0 Å². The molecule has 1 heterocycles. The van der Waals surface area contributed by atoms with E-state index < -0.39 is 0 Å². The van der Waals surface area contributed by atoms with E-state index in [1.165, 1.54) is 96.1 Å². The number of fused-ring (bicyclic) bond motifs is 4. The number of hydrogen-bond donors (Lipinski definition) is 0. The van der Waals surface area contributed by atoms with Gasteiger partial charge in [0.25, 0.3) is 0 Å². The molecule has 0 N–H and O–H groups in total. The molecule has 1 spiro atoms. The van der Waals surface area contributed by atoms with Crippen molar-refractivity contribution >= 4 is 0 Å². The summed E-state index contributed by atoms with van der Waals surface area (Å²) >= 11 is 0.